The fourth-order valence-corrected chi connectivity index (χ4v) is 4.31. The molecule has 1 aliphatic rings. The number of piperidine rings is 1. The molecule has 0 spiro atoms. The van der Waals surface area contributed by atoms with Crippen molar-refractivity contribution >= 4 is 21.6 Å². The number of nitrogens with zero attached hydrogens (tertiary/aromatic N) is 1. The van der Waals surface area contributed by atoms with Crippen LogP contribution >= 0.6 is 11.6 Å². The van der Waals surface area contributed by atoms with Crippen molar-refractivity contribution in [2.75, 3.05) is 13.1 Å². The SMILES string of the molecule is CC1(C)CCN(S(=O)(=O)c2cc(CN)ccc2Cl)CC1. The summed E-state index contributed by atoms with van der Waals surface area (Å²) in [5.74, 6) is 0. The van der Waals surface area contributed by atoms with Crippen molar-refractivity contribution in [2.45, 2.75) is 38.1 Å². The van der Waals surface area contributed by atoms with Crippen molar-refractivity contribution in [3.8, 4) is 0 Å². The lowest BCUT2D eigenvalue weighted by Gasteiger charge is -2.36. The molecule has 112 valence electrons. The number of rotatable bonds is 3. The van der Waals surface area contributed by atoms with Gasteiger partial charge in [0.1, 0.15) is 4.90 Å². The van der Waals surface area contributed by atoms with Gasteiger partial charge in [-0.25, -0.2) is 8.42 Å². The van der Waals surface area contributed by atoms with Crippen LogP contribution in [0.1, 0.15) is 32.3 Å². The van der Waals surface area contributed by atoms with Crippen LogP contribution in [0.25, 0.3) is 0 Å². The van der Waals surface area contributed by atoms with Gasteiger partial charge < -0.3 is 5.73 Å². The summed E-state index contributed by atoms with van der Waals surface area (Å²) in [6.07, 6.45) is 1.72. The third-order valence-electron chi connectivity index (χ3n) is 3.93. The van der Waals surface area contributed by atoms with Crippen molar-refractivity contribution in [3.05, 3.63) is 28.8 Å². The number of nitrogens with two attached hydrogens (primary N) is 1. The summed E-state index contributed by atoms with van der Waals surface area (Å²) in [6.45, 7) is 5.71. The highest BCUT2D eigenvalue weighted by Crippen LogP contribution is 2.34. The number of hydrogen-bond acceptors (Lipinski definition) is 3. The lowest BCUT2D eigenvalue weighted by molar-refractivity contribution is 0.196. The third kappa shape index (κ3) is 3.17. The van der Waals surface area contributed by atoms with Gasteiger partial charge in [0.15, 0.2) is 0 Å². The predicted molar refractivity (Wildman–Crippen MR) is 81.1 cm³/mol. The molecule has 6 heteroatoms. The van der Waals surface area contributed by atoms with Gasteiger partial charge in [-0.15, -0.1) is 0 Å². The van der Waals surface area contributed by atoms with Crippen LogP contribution in [0.2, 0.25) is 5.02 Å². The highest BCUT2D eigenvalue weighted by atomic mass is 35.5. The minimum Gasteiger partial charge on any atom is -0.326 e. The quantitative estimate of drug-likeness (QED) is 0.932. The molecule has 0 unspecified atom stereocenters. The van der Waals surface area contributed by atoms with E-state index in [-0.39, 0.29) is 15.3 Å². The zero-order valence-corrected chi connectivity index (χ0v) is 13.5. The Bertz CT molecular complexity index is 589. The molecule has 1 aromatic carbocycles. The molecule has 1 fully saturated rings. The van der Waals surface area contributed by atoms with Gasteiger partial charge in [-0.05, 0) is 36.0 Å². The Morgan fingerprint density at radius 3 is 2.45 bits per heavy atom. The summed E-state index contributed by atoms with van der Waals surface area (Å²) in [4.78, 5) is 0.168. The average Bonchev–Trinajstić information content (AvgIpc) is 2.38. The van der Waals surface area contributed by atoms with Crippen molar-refractivity contribution in [3.63, 3.8) is 0 Å². The van der Waals surface area contributed by atoms with Gasteiger partial charge in [-0.1, -0.05) is 31.5 Å². The molecule has 4 nitrogen and oxygen atoms in total. The van der Waals surface area contributed by atoms with E-state index < -0.39 is 10.0 Å². The zero-order chi connectivity index (χ0) is 15.0. The van der Waals surface area contributed by atoms with Crippen molar-refractivity contribution in [1.82, 2.24) is 4.31 Å². The van der Waals surface area contributed by atoms with Crippen molar-refractivity contribution < 1.29 is 8.42 Å². The van der Waals surface area contributed by atoms with E-state index in [4.69, 9.17) is 17.3 Å². The van der Waals surface area contributed by atoms with Crippen LogP contribution in [0.15, 0.2) is 23.1 Å². The van der Waals surface area contributed by atoms with Crippen LogP contribution in [0.5, 0.6) is 0 Å². The summed E-state index contributed by atoms with van der Waals surface area (Å²) in [6, 6.07) is 4.93. The Hall–Kier alpha value is -0.620. The van der Waals surface area contributed by atoms with Gasteiger partial charge >= 0.3 is 0 Å². The van der Waals surface area contributed by atoms with Crippen LogP contribution in [0, 0.1) is 5.41 Å². The second-order valence-electron chi connectivity index (χ2n) is 6.04. The van der Waals surface area contributed by atoms with E-state index in [0.29, 0.717) is 19.6 Å². The molecule has 1 aliphatic heterocycles. The Labute approximate surface area is 126 Å². The zero-order valence-electron chi connectivity index (χ0n) is 11.9. The molecule has 1 saturated heterocycles. The summed E-state index contributed by atoms with van der Waals surface area (Å²) in [5, 5.41) is 0.257. The molecule has 0 amide bonds. The fraction of sp³-hybridized carbons (Fsp3) is 0.571. The topological polar surface area (TPSA) is 63.4 Å². The molecule has 0 saturated carbocycles. The van der Waals surface area contributed by atoms with Crippen LogP contribution in [-0.2, 0) is 16.6 Å². The molecule has 1 aromatic rings. The van der Waals surface area contributed by atoms with Crippen molar-refractivity contribution in [2.24, 2.45) is 11.1 Å². The lowest BCUT2D eigenvalue weighted by Crippen LogP contribution is -2.41. The van der Waals surface area contributed by atoms with E-state index in [1.54, 1.807) is 18.2 Å². The second kappa shape index (κ2) is 5.64. The predicted octanol–water partition coefficient (Wildman–Crippen LogP) is 2.61. The minimum absolute atomic E-state index is 0.168. The lowest BCUT2D eigenvalue weighted by atomic mass is 9.83. The molecular weight excluding hydrogens is 296 g/mol. The van der Waals surface area contributed by atoms with Crippen molar-refractivity contribution in [1.29, 1.82) is 0 Å². The first-order valence-corrected chi connectivity index (χ1v) is 8.57. The minimum atomic E-state index is -3.53. The smallest absolute Gasteiger partial charge is 0.244 e. The molecule has 1 heterocycles. The summed E-state index contributed by atoms with van der Waals surface area (Å²) >= 11 is 6.07. The first-order chi connectivity index (χ1) is 9.26. The molecule has 2 N–H and O–H groups in total. The molecule has 20 heavy (non-hydrogen) atoms. The monoisotopic (exact) mass is 316 g/mol. The molecular formula is C14H21ClN2O2S. The highest BCUT2D eigenvalue weighted by Gasteiger charge is 2.33. The maximum absolute atomic E-state index is 12.7. The van der Waals surface area contributed by atoms with Crippen LogP contribution in [0.4, 0.5) is 0 Å². The summed E-state index contributed by atoms with van der Waals surface area (Å²) in [7, 11) is -3.53. The normalized spacial score (nSPS) is 20.0. The standard InChI is InChI=1S/C14H21ClN2O2S/c1-14(2)5-7-17(8-6-14)20(18,19)13-9-11(10-16)3-4-12(13)15/h3-4,9H,5-8,10,16H2,1-2H3. The fourth-order valence-electron chi connectivity index (χ4n) is 2.34. The van der Waals surface area contributed by atoms with E-state index in [9.17, 15) is 8.42 Å². The van der Waals surface area contributed by atoms with Gasteiger partial charge in [-0.2, -0.15) is 4.31 Å². The molecule has 0 aromatic heterocycles. The Kier molecular flexibility index (Phi) is 4.44. The number of halogens is 1. The van der Waals surface area contributed by atoms with E-state index in [1.807, 2.05) is 0 Å². The van der Waals surface area contributed by atoms with Crippen LogP contribution in [0.3, 0.4) is 0 Å². The second-order valence-corrected chi connectivity index (χ2v) is 8.35. The van der Waals surface area contributed by atoms with E-state index in [1.165, 1.54) is 4.31 Å². The van der Waals surface area contributed by atoms with Gasteiger partial charge in [0.2, 0.25) is 10.0 Å². The Morgan fingerprint density at radius 1 is 1.30 bits per heavy atom. The van der Waals surface area contributed by atoms with Gasteiger partial charge in [0.05, 0.1) is 5.02 Å². The third-order valence-corrected chi connectivity index (χ3v) is 6.31. The van der Waals surface area contributed by atoms with Crippen LogP contribution in [-0.4, -0.2) is 25.8 Å². The number of benzene rings is 1. The molecule has 0 radical (unpaired) electrons. The maximum atomic E-state index is 12.7. The number of sulfonamides is 1. The van der Waals surface area contributed by atoms with Crippen LogP contribution < -0.4 is 5.73 Å². The molecule has 2 rings (SSSR count). The van der Waals surface area contributed by atoms with E-state index in [0.717, 1.165) is 18.4 Å². The first kappa shape index (κ1) is 15.8. The Morgan fingerprint density at radius 2 is 1.90 bits per heavy atom. The van der Waals surface area contributed by atoms with Gasteiger partial charge in [0, 0.05) is 19.6 Å². The largest absolute Gasteiger partial charge is 0.326 e. The molecule has 0 aliphatic carbocycles. The summed E-state index contributed by atoms with van der Waals surface area (Å²) < 4.78 is 26.9. The van der Waals surface area contributed by atoms with E-state index >= 15 is 0 Å². The van der Waals surface area contributed by atoms with E-state index in [2.05, 4.69) is 13.8 Å². The average molecular weight is 317 g/mol. The van der Waals surface area contributed by atoms with Gasteiger partial charge in [-0.3, -0.25) is 0 Å². The van der Waals surface area contributed by atoms with Gasteiger partial charge in [0.25, 0.3) is 0 Å². The Balaban J connectivity index is 2.31. The molecule has 0 atom stereocenters. The highest BCUT2D eigenvalue weighted by molar-refractivity contribution is 7.89. The molecule has 0 bridgehead atoms. The summed E-state index contributed by atoms with van der Waals surface area (Å²) in [5.41, 5.74) is 6.55. The maximum Gasteiger partial charge on any atom is 0.244 e. The first-order valence-electron chi connectivity index (χ1n) is 6.75. The number of hydrogen-bond donors (Lipinski definition) is 1.